The lowest BCUT2D eigenvalue weighted by Crippen LogP contribution is -2.41. The van der Waals surface area contributed by atoms with Gasteiger partial charge in [-0.1, -0.05) is 27.2 Å². The van der Waals surface area contributed by atoms with Crippen LogP contribution in [-0.4, -0.2) is 40.5 Å². The molecule has 2 heterocycles. The summed E-state index contributed by atoms with van der Waals surface area (Å²) in [6.07, 6.45) is 4.04. The molecule has 0 amide bonds. The molecular formula is C16H27BrN4. The van der Waals surface area contributed by atoms with Crippen LogP contribution < -0.4 is 5.32 Å². The minimum absolute atomic E-state index is 0.0430. The molecule has 0 saturated carbocycles. The van der Waals surface area contributed by atoms with Crippen molar-refractivity contribution in [3.8, 4) is 0 Å². The summed E-state index contributed by atoms with van der Waals surface area (Å²) in [6.45, 7) is 12.1. The van der Waals surface area contributed by atoms with Crippen molar-refractivity contribution in [1.29, 1.82) is 0 Å². The molecule has 0 aliphatic carbocycles. The highest BCUT2D eigenvalue weighted by atomic mass is 79.9. The van der Waals surface area contributed by atoms with Gasteiger partial charge in [-0.3, -0.25) is 4.90 Å². The molecule has 0 spiro atoms. The summed E-state index contributed by atoms with van der Waals surface area (Å²) in [4.78, 5) is 11.7. The number of nitrogens with one attached hydrogen (secondary N) is 1. The zero-order chi connectivity index (χ0) is 15.5. The number of likely N-dealkylation sites (tertiary alicyclic amines) is 1. The van der Waals surface area contributed by atoms with Crippen molar-refractivity contribution >= 4 is 21.7 Å². The summed E-state index contributed by atoms with van der Waals surface area (Å²) >= 11 is 3.49. The highest BCUT2D eigenvalue weighted by molar-refractivity contribution is 9.10. The standard InChI is InChI=1S/C16H27BrN4/c1-12(21-8-6-5-7-9-21)11-18-14-10-13(17)19-15(20-14)16(2,3)4/h10,12H,5-9,11H2,1-4H3,(H,18,19,20). The van der Waals surface area contributed by atoms with Crippen LogP contribution in [0.5, 0.6) is 0 Å². The van der Waals surface area contributed by atoms with E-state index in [0.717, 1.165) is 22.8 Å². The van der Waals surface area contributed by atoms with E-state index in [0.29, 0.717) is 6.04 Å². The van der Waals surface area contributed by atoms with Crippen molar-refractivity contribution < 1.29 is 0 Å². The first-order chi connectivity index (χ1) is 9.86. The van der Waals surface area contributed by atoms with Gasteiger partial charge in [0.1, 0.15) is 16.2 Å². The van der Waals surface area contributed by atoms with Crippen LogP contribution in [0.15, 0.2) is 10.7 Å². The van der Waals surface area contributed by atoms with Crippen LogP contribution in [0.3, 0.4) is 0 Å². The maximum atomic E-state index is 4.65. The second-order valence-electron chi connectivity index (χ2n) is 6.98. The van der Waals surface area contributed by atoms with E-state index in [1.165, 1.54) is 32.4 Å². The second kappa shape index (κ2) is 7.05. The molecule has 0 radical (unpaired) electrons. The van der Waals surface area contributed by atoms with Crippen molar-refractivity contribution in [2.75, 3.05) is 25.0 Å². The van der Waals surface area contributed by atoms with Crippen LogP contribution in [0, 0.1) is 0 Å². The summed E-state index contributed by atoms with van der Waals surface area (Å²) in [7, 11) is 0. The van der Waals surface area contributed by atoms with Gasteiger partial charge in [0.2, 0.25) is 0 Å². The van der Waals surface area contributed by atoms with Gasteiger partial charge in [0, 0.05) is 24.1 Å². The van der Waals surface area contributed by atoms with E-state index in [1.807, 2.05) is 6.07 Å². The van der Waals surface area contributed by atoms with E-state index in [2.05, 4.69) is 63.8 Å². The largest absolute Gasteiger partial charge is 0.368 e. The zero-order valence-corrected chi connectivity index (χ0v) is 15.2. The average molecular weight is 355 g/mol. The molecule has 5 heteroatoms. The maximum Gasteiger partial charge on any atom is 0.137 e. The van der Waals surface area contributed by atoms with Gasteiger partial charge in [0.05, 0.1) is 0 Å². The summed E-state index contributed by atoms with van der Waals surface area (Å²) < 4.78 is 0.843. The fourth-order valence-corrected chi connectivity index (χ4v) is 2.97. The molecule has 118 valence electrons. The van der Waals surface area contributed by atoms with Gasteiger partial charge in [0.15, 0.2) is 0 Å². The summed E-state index contributed by atoms with van der Waals surface area (Å²) in [6, 6.07) is 2.50. The molecule has 1 atom stereocenters. The van der Waals surface area contributed by atoms with E-state index < -0.39 is 0 Å². The first kappa shape index (κ1) is 16.7. The van der Waals surface area contributed by atoms with Crippen molar-refractivity contribution in [2.45, 2.75) is 58.4 Å². The number of halogens is 1. The second-order valence-corrected chi connectivity index (χ2v) is 7.79. The van der Waals surface area contributed by atoms with E-state index in [9.17, 15) is 0 Å². The number of hydrogen-bond acceptors (Lipinski definition) is 4. The third kappa shape index (κ3) is 4.92. The summed E-state index contributed by atoms with van der Waals surface area (Å²) in [5, 5.41) is 3.47. The van der Waals surface area contributed by atoms with Gasteiger partial charge < -0.3 is 5.32 Å². The number of anilines is 1. The van der Waals surface area contributed by atoms with Crippen molar-refractivity contribution in [1.82, 2.24) is 14.9 Å². The number of aromatic nitrogens is 2. The lowest BCUT2D eigenvalue weighted by Gasteiger charge is -2.32. The third-order valence-corrected chi connectivity index (χ3v) is 4.36. The lowest BCUT2D eigenvalue weighted by atomic mass is 9.96. The number of rotatable bonds is 4. The Hall–Kier alpha value is -0.680. The Balaban J connectivity index is 1.97. The van der Waals surface area contributed by atoms with E-state index in [4.69, 9.17) is 0 Å². The molecule has 1 N–H and O–H groups in total. The van der Waals surface area contributed by atoms with Crippen LogP contribution in [0.4, 0.5) is 5.82 Å². The van der Waals surface area contributed by atoms with Gasteiger partial charge in [-0.15, -0.1) is 0 Å². The zero-order valence-electron chi connectivity index (χ0n) is 13.6. The molecule has 1 aliphatic rings. The molecule has 0 aromatic carbocycles. The number of piperidine rings is 1. The molecule has 21 heavy (non-hydrogen) atoms. The van der Waals surface area contributed by atoms with Crippen LogP contribution in [-0.2, 0) is 5.41 Å². The Labute approximate surface area is 136 Å². The molecule has 1 saturated heterocycles. The minimum Gasteiger partial charge on any atom is -0.368 e. The maximum absolute atomic E-state index is 4.65. The number of hydrogen-bond donors (Lipinski definition) is 1. The molecule has 1 aromatic rings. The fraction of sp³-hybridized carbons (Fsp3) is 0.750. The van der Waals surface area contributed by atoms with Crippen molar-refractivity contribution in [2.24, 2.45) is 0 Å². The topological polar surface area (TPSA) is 41.1 Å². The predicted octanol–water partition coefficient (Wildman–Crippen LogP) is 3.82. The monoisotopic (exact) mass is 354 g/mol. The van der Waals surface area contributed by atoms with Crippen molar-refractivity contribution in [3.63, 3.8) is 0 Å². The highest BCUT2D eigenvalue weighted by Crippen LogP contribution is 2.22. The first-order valence-electron chi connectivity index (χ1n) is 7.89. The summed E-state index contributed by atoms with van der Waals surface area (Å²) in [5.74, 6) is 1.77. The fourth-order valence-electron chi connectivity index (χ4n) is 2.58. The van der Waals surface area contributed by atoms with Crippen LogP contribution >= 0.6 is 15.9 Å². The first-order valence-corrected chi connectivity index (χ1v) is 8.68. The Bertz CT molecular complexity index is 464. The smallest absolute Gasteiger partial charge is 0.137 e. The molecule has 0 bridgehead atoms. The van der Waals surface area contributed by atoms with Gasteiger partial charge in [0.25, 0.3) is 0 Å². The Morgan fingerprint density at radius 3 is 2.52 bits per heavy atom. The van der Waals surface area contributed by atoms with E-state index in [1.54, 1.807) is 0 Å². The number of nitrogens with zero attached hydrogens (tertiary/aromatic N) is 3. The lowest BCUT2D eigenvalue weighted by molar-refractivity contribution is 0.180. The van der Waals surface area contributed by atoms with E-state index >= 15 is 0 Å². The molecular weight excluding hydrogens is 328 g/mol. The van der Waals surface area contributed by atoms with Gasteiger partial charge in [-0.25, -0.2) is 9.97 Å². The average Bonchev–Trinajstić information content (AvgIpc) is 2.44. The third-order valence-electron chi connectivity index (χ3n) is 3.96. The molecule has 4 nitrogen and oxygen atoms in total. The van der Waals surface area contributed by atoms with Gasteiger partial charge in [-0.2, -0.15) is 0 Å². The van der Waals surface area contributed by atoms with Gasteiger partial charge >= 0.3 is 0 Å². The normalized spacial score (nSPS) is 18.5. The molecule has 1 aromatic heterocycles. The quantitative estimate of drug-likeness (QED) is 0.834. The van der Waals surface area contributed by atoms with Crippen LogP contribution in [0.2, 0.25) is 0 Å². The summed E-state index contributed by atoms with van der Waals surface area (Å²) in [5.41, 5.74) is -0.0430. The molecule has 1 fully saturated rings. The SMILES string of the molecule is CC(CNc1cc(Br)nc(C(C)(C)C)n1)N1CCCCC1. The van der Waals surface area contributed by atoms with Gasteiger partial charge in [-0.05, 0) is 48.8 Å². The highest BCUT2D eigenvalue weighted by Gasteiger charge is 2.20. The molecule has 1 unspecified atom stereocenters. The predicted molar refractivity (Wildman–Crippen MR) is 91.8 cm³/mol. The van der Waals surface area contributed by atoms with E-state index in [-0.39, 0.29) is 5.41 Å². The minimum atomic E-state index is -0.0430. The Kier molecular flexibility index (Phi) is 5.60. The van der Waals surface area contributed by atoms with Crippen LogP contribution in [0.1, 0.15) is 52.8 Å². The Morgan fingerprint density at radius 2 is 1.90 bits per heavy atom. The molecule has 2 rings (SSSR count). The molecule has 1 aliphatic heterocycles. The van der Waals surface area contributed by atoms with Crippen LogP contribution in [0.25, 0.3) is 0 Å². The van der Waals surface area contributed by atoms with Crippen molar-refractivity contribution in [3.05, 3.63) is 16.5 Å². The Morgan fingerprint density at radius 1 is 1.24 bits per heavy atom.